The Labute approximate surface area is 155 Å². The number of carbonyl (C=O) groups is 3. The van der Waals surface area contributed by atoms with Crippen LogP contribution in [0.2, 0.25) is 0 Å². The lowest BCUT2D eigenvalue weighted by Gasteiger charge is -2.28. The predicted octanol–water partition coefficient (Wildman–Crippen LogP) is -3.55. The summed E-state index contributed by atoms with van der Waals surface area (Å²) in [7, 11) is 1.51. The van der Waals surface area contributed by atoms with Gasteiger partial charge in [0, 0.05) is 19.6 Å². The normalized spacial score (nSPS) is 15.3. The summed E-state index contributed by atoms with van der Waals surface area (Å²) in [5.74, 6) is -2.18. The monoisotopic (exact) mass is 394 g/mol. The van der Waals surface area contributed by atoms with Gasteiger partial charge in [0.05, 0.1) is 25.2 Å². The summed E-state index contributed by atoms with van der Waals surface area (Å²) >= 11 is 5.18. The first-order valence-corrected chi connectivity index (χ1v) is 8.04. The van der Waals surface area contributed by atoms with Crippen molar-refractivity contribution in [2.45, 2.75) is 37.6 Å². The van der Waals surface area contributed by atoms with Gasteiger partial charge in [0.1, 0.15) is 4.99 Å². The van der Waals surface area contributed by atoms with Crippen LogP contribution < -0.4 is 27.5 Å². The molecule has 150 valence electrons. The van der Waals surface area contributed by atoms with Crippen LogP contribution in [-0.2, 0) is 9.59 Å². The molecule has 4 atom stereocenters. The second-order valence-electron chi connectivity index (χ2n) is 5.60. The molecule has 0 aliphatic heterocycles. The second-order valence-corrected chi connectivity index (χ2v) is 6.02. The van der Waals surface area contributed by atoms with Crippen LogP contribution >= 0.6 is 12.2 Å². The van der Waals surface area contributed by atoms with Crippen LogP contribution in [0.25, 0.3) is 0 Å². The molecule has 0 saturated carbocycles. The van der Waals surface area contributed by atoms with Crippen LogP contribution in [0, 0.1) is 0 Å². The molecule has 13 heteroatoms. The standard InChI is InChI=1S/C13H26N6O6S/c1-6(21)10(12(23)24)18-13(25)17-8(3-9(15)22)11(26)19(2)16-4-7(14)5-20/h6-8,10,16,20-21H,3-5,14H2,1-2H3,(H2,15,22)(H,23,24)(H2,17,18,25)/t6?,7-,8+,10+/m1/s1. The van der Waals surface area contributed by atoms with Gasteiger partial charge < -0.3 is 42.4 Å². The molecule has 0 aliphatic rings. The summed E-state index contributed by atoms with van der Waals surface area (Å²) in [5, 5.41) is 33.0. The minimum absolute atomic E-state index is 0.0769. The number of hydrogen-bond donors (Lipinski definition) is 8. The highest BCUT2D eigenvalue weighted by Gasteiger charge is 2.28. The van der Waals surface area contributed by atoms with Crippen molar-refractivity contribution in [2.75, 3.05) is 20.2 Å². The maximum absolute atomic E-state index is 12.0. The van der Waals surface area contributed by atoms with Gasteiger partial charge in [0.25, 0.3) is 0 Å². The van der Waals surface area contributed by atoms with Crippen molar-refractivity contribution in [3.05, 3.63) is 0 Å². The van der Waals surface area contributed by atoms with Crippen LogP contribution in [0.1, 0.15) is 13.3 Å². The Hall–Kier alpha value is -2.06. The SMILES string of the molecule is CC(O)[C@H](NC(=O)N[C@@H](CC(N)=O)C(=S)N(C)NC[C@@H](N)CO)C(=O)O. The molecule has 0 radical (unpaired) electrons. The maximum atomic E-state index is 12.0. The van der Waals surface area contributed by atoms with Crippen LogP contribution in [0.15, 0.2) is 0 Å². The Morgan fingerprint density at radius 2 is 1.85 bits per heavy atom. The van der Waals surface area contributed by atoms with E-state index < -0.39 is 42.1 Å². The summed E-state index contributed by atoms with van der Waals surface area (Å²) in [6, 6.07) is -4.06. The van der Waals surface area contributed by atoms with E-state index in [0.717, 1.165) is 0 Å². The number of aliphatic hydroxyl groups excluding tert-OH is 2. The molecule has 0 aromatic rings. The van der Waals surface area contributed by atoms with Crippen molar-refractivity contribution < 1.29 is 29.7 Å². The van der Waals surface area contributed by atoms with Gasteiger partial charge in [-0.05, 0) is 6.92 Å². The minimum Gasteiger partial charge on any atom is -0.480 e. The van der Waals surface area contributed by atoms with Gasteiger partial charge in [-0.1, -0.05) is 12.2 Å². The molecule has 0 aromatic heterocycles. The van der Waals surface area contributed by atoms with Crippen molar-refractivity contribution in [1.82, 2.24) is 21.1 Å². The summed E-state index contributed by atoms with van der Waals surface area (Å²) in [5.41, 5.74) is 13.5. The number of rotatable bonds is 11. The summed E-state index contributed by atoms with van der Waals surface area (Å²) in [6.45, 7) is 1.12. The van der Waals surface area contributed by atoms with E-state index in [1.165, 1.54) is 19.0 Å². The number of thiocarbonyl (C=S) groups is 1. The number of carboxylic acids is 1. The van der Waals surface area contributed by atoms with Crippen molar-refractivity contribution in [3.8, 4) is 0 Å². The quantitative estimate of drug-likeness (QED) is 0.128. The first kappa shape index (κ1) is 23.9. The molecule has 0 bridgehead atoms. The number of hydrazine groups is 1. The fourth-order valence-electron chi connectivity index (χ4n) is 1.76. The molecule has 1 unspecified atom stereocenters. The zero-order chi connectivity index (χ0) is 20.4. The van der Waals surface area contributed by atoms with E-state index in [4.69, 9.17) is 33.9 Å². The zero-order valence-corrected chi connectivity index (χ0v) is 15.3. The molecule has 26 heavy (non-hydrogen) atoms. The predicted molar refractivity (Wildman–Crippen MR) is 95.8 cm³/mol. The summed E-state index contributed by atoms with van der Waals surface area (Å²) < 4.78 is 0. The number of likely N-dealkylation sites (N-methyl/N-ethyl adjacent to an activating group) is 1. The molecule has 0 fully saturated rings. The molecule has 0 rings (SSSR count). The number of carbonyl (C=O) groups excluding carboxylic acids is 2. The van der Waals surface area contributed by atoms with Crippen molar-refractivity contribution in [1.29, 1.82) is 0 Å². The Morgan fingerprint density at radius 3 is 2.27 bits per heavy atom. The number of primary amides is 1. The van der Waals surface area contributed by atoms with Crippen LogP contribution in [0.3, 0.4) is 0 Å². The van der Waals surface area contributed by atoms with E-state index in [1.807, 2.05) is 0 Å². The molecular formula is C13H26N6O6S. The fourth-order valence-corrected chi connectivity index (χ4v) is 1.97. The third-order valence-corrected chi connectivity index (χ3v) is 3.76. The maximum Gasteiger partial charge on any atom is 0.328 e. The Kier molecular flexibility index (Phi) is 10.6. The van der Waals surface area contributed by atoms with E-state index in [-0.39, 0.29) is 24.6 Å². The molecular weight excluding hydrogens is 368 g/mol. The van der Waals surface area contributed by atoms with Gasteiger partial charge in [-0.25, -0.2) is 15.0 Å². The number of amides is 3. The van der Waals surface area contributed by atoms with Crippen molar-refractivity contribution in [2.24, 2.45) is 11.5 Å². The highest BCUT2D eigenvalue weighted by atomic mass is 32.1. The van der Waals surface area contributed by atoms with Crippen LogP contribution in [-0.4, -0.2) is 87.7 Å². The van der Waals surface area contributed by atoms with E-state index in [1.54, 1.807) is 0 Å². The summed E-state index contributed by atoms with van der Waals surface area (Å²) in [4.78, 5) is 34.3. The van der Waals surface area contributed by atoms with E-state index in [9.17, 15) is 19.5 Å². The Bertz CT molecular complexity index is 519. The number of carboxylic acid groups (broad SMARTS) is 1. The molecule has 0 aromatic carbocycles. The zero-order valence-electron chi connectivity index (χ0n) is 14.5. The number of nitrogens with two attached hydrogens (primary N) is 2. The van der Waals surface area contributed by atoms with Gasteiger partial charge in [0.15, 0.2) is 6.04 Å². The smallest absolute Gasteiger partial charge is 0.328 e. The van der Waals surface area contributed by atoms with Gasteiger partial charge in [-0.3, -0.25) is 4.79 Å². The molecule has 10 N–H and O–H groups in total. The number of hydrogen-bond acceptors (Lipinski definition) is 8. The molecule has 12 nitrogen and oxygen atoms in total. The number of nitrogens with one attached hydrogen (secondary N) is 3. The van der Waals surface area contributed by atoms with Gasteiger partial charge in [-0.15, -0.1) is 0 Å². The molecule has 3 amide bonds. The largest absolute Gasteiger partial charge is 0.480 e. The average Bonchev–Trinajstić information content (AvgIpc) is 2.54. The number of aliphatic carboxylic acids is 1. The lowest BCUT2D eigenvalue weighted by molar-refractivity contribution is -0.141. The lowest BCUT2D eigenvalue weighted by Crippen LogP contribution is -2.58. The van der Waals surface area contributed by atoms with Crippen molar-refractivity contribution >= 4 is 35.1 Å². The van der Waals surface area contributed by atoms with Gasteiger partial charge >= 0.3 is 12.0 Å². The van der Waals surface area contributed by atoms with E-state index in [0.29, 0.717) is 0 Å². The molecule has 0 aliphatic carbocycles. The molecule has 0 saturated heterocycles. The first-order valence-electron chi connectivity index (χ1n) is 7.63. The second kappa shape index (κ2) is 11.5. The van der Waals surface area contributed by atoms with E-state index in [2.05, 4.69) is 16.1 Å². The van der Waals surface area contributed by atoms with Crippen LogP contribution in [0.4, 0.5) is 4.79 Å². The number of urea groups is 1. The highest BCUT2D eigenvalue weighted by molar-refractivity contribution is 7.80. The van der Waals surface area contributed by atoms with Crippen molar-refractivity contribution in [3.63, 3.8) is 0 Å². The number of aliphatic hydroxyl groups is 2. The highest BCUT2D eigenvalue weighted by Crippen LogP contribution is 2.00. The topological polar surface area (TPSA) is 203 Å². The first-order chi connectivity index (χ1) is 12.0. The Balaban J connectivity index is 4.97. The Morgan fingerprint density at radius 1 is 1.27 bits per heavy atom. The van der Waals surface area contributed by atoms with Gasteiger partial charge in [-0.2, -0.15) is 0 Å². The fraction of sp³-hybridized carbons (Fsp3) is 0.692. The average molecular weight is 394 g/mol. The van der Waals surface area contributed by atoms with E-state index >= 15 is 0 Å². The summed E-state index contributed by atoms with van der Waals surface area (Å²) in [6.07, 6.45) is -1.68. The third kappa shape index (κ3) is 8.87. The third-order valence-electron chi connectivity index (χ3n) is 3.20. The molecule has 0 spiro atoms. The lowest BCUT2D eigenvalue weighted by atomic mass is 10.2. The van der Waals surface area contributed by atoms with Gasteiger partial charge in [0.2, 0.25) is 5.91 Å². The number of nitrogens with zero attached hydrogens (tertiary/aromatic N) is 1. The molecule has 0 heterocycles. The van der Waals surface area contributed by atoms with Crippen LogP contribution in [0.5, 0.6) is 0 Å². The minimum atomic E-state index is -1.55.